The molecule has 0 spiro atoms. The second-order valence-electron chi connectivity index (χ2n) is 12.7. The standard InChI is InChI=1S/C34H76N2O14Si4/c1-11-39-51(40-12-2,41-13-3)29-35-25-33(49-53(31-35,45-17-7)46-18-8)27-37-23-21-22-24-38-28-34-26-36(32-54(50-34,47-19-9)48-20-10)30-52(42-14-4,43-15-5)44-16-6/h33-34H,11-32H2,1-10H3. The van der Waals surface area contributed by atoms with E-state index in [4.69, 9.17) is 62.6 Å². The minimum Gasteiger partial charge on any atom is -0.379 e. The van der Waals surface area contributed by atoms with Gasteiger partial charge in [-0.1, -0.05) is 0 Å². The fraction of sp³-hybridized carbons (Fsp3) is 1.00. The maximum Gasteiger partial charge on any atom is 0.516 e. The summed E-state index contributed by atoms with van der Waals surface area (Å²) in [5.74, 6) is 0. The highest BCUT2D eigenvalue weighted by Gasteiger charge is 2.54. The van der Waals surface area contributed by atoms with E-state index in [-0.39, 0.29) is 12.2 Å². The fourth-order valence-electron chi connectivity index (χ4n) is 6.83. The van der Waals surface area contributed by atoms with Gasteiger partial charge in [-0.2, -0.15) is 0 Å². The van der Waals surface area contributed by atoms with Gasteiger partial charge in [0.1, 0.15) is 0 Å². The van der Waals surface area contributed by atoms with E-state index in [1.165, 1.54) is 0 Å². The summed E-state index contributed by atoms with van der Waals surface area (Å²) in [6.45, 7) is 28.0. The Morgan fingerprint density at radius 3 is 1.02 bits per heavy atom. The molecule has 2 aliphatic rings. The Hall–Kier alpha value is 0.228. The number of hydrogen-bond donors (Lipinski definition) is 0. The fourth-order valence-corrected chi connectivity index (χ4v) is 18.1. The second-order valence-corrected chi connectivity index (χ2v) is 22.8. The number of hydrogen-bond acceptors (Lipinski definition) is 16. The summed E-state index contributed by atoms with van der Waals surface area (Å²) in [4.78, 5) is 4.54. The number of rotatable bonds is 33. The van der Waals surface area contributed by atoms with Crippen molar-refractivity contribution in [3.05, 3.63) is 0 Å². The third-order valence-electron chi connectivity index (χ3n) is 8.36. The molecule has 0 N–H and O–H groups in total. The van der Waals surface area contributed by atoms with Gasteiger partial charge in [-0.15, -0.1) is 0 Å². The lowest BCUT2D eigenvalue weighted by Gasteiger charge is -2.44. The molecule has 0 saturated carbocycles. The van der Waals surface area contributed by atoms with Gasteiger partial charge in [-0.25, -0.2) is 0 Å². The smallest absolute Gasteiger partial charge is 0.379 e. The van der Waals surface area contributed by atoms with Crippen LogP contribution in [0.5, 0.6) is 0 Å². The Morgan fingerprint density at radius 1 is 0.463 bits per heavy atom. The molecule has 0 radical (unpaired) electrons. The molecule has 2 unspecified atom stereocenters. The highest BCUT2D eigenvalue weighted by atomic mass is 28.4. The van der Waals surface area contributed by atoms with Crippen LogP contribution in [-0.4, -0.2) is 187 Å². The van der Waals surface area contributed by atoms with Crippen LogP contribution in [0.25, 0.3) is 0 Å². The molecule has 2 saturated heterocycles. The van der Waals surface area contributed by atoms with Crippen molar-refractivity contribution in [3.63, 3.8) is 0 Å². The van der Waals surface area contributed by atoms with Crippen molar-refractivity contribution in [2.45, 2.75) is 94.3 Å². The van der Waals surface area contributed by atoms with Crippen molar-refractivity contribution in [3.8, 4) is 0 Å². The molecule has 2 fully saturated rings. The van der Waals surface area contributed by atoms with E-state index in [0.717, 1.165) is 12.8 Å². The highest BCUT2D eigenvalue weighted by molar-refractivity contribution is 6.63. The molecule has 0 bridgehead atoms. The van der Waals surface area contributed by atoms with E-state index in [1.54, 1.807) is 0 Å². The zero-order valence-corrected chi connectivity index (χ0v) is 39.3. The Labute approximate surface area is 331 Å². The summed E-state index contributed by atoms with van der Waals surface area (Å²) in [6, 6.07) is 0. The average Bonchev–Trinajstić information content (AvgIpc) is 3.10. The van der Waals surface area contributed by atoms with Crippen LogP contribution in [0.3, 0.4) is 0 Å². The molecule has 2 aliphatic heterocycles. The van der Waals surface area contributed by atoms with Crippen LogP contribution >= 0.6 is 0 Å². The number of unbranched alkanes of at least 4 members (excludes halogenated alkanes) is 1. The Morgan fingerprint density at radius 2 is 0.759 bits per heavy atom. The summed E-state index contributed by atoms with van der Waals surface area (Å²) in [5.41, 5.74) is 0. The quantitative estimate of drug-likeness (QED) is 0.0704. The second kappa shape index (κ2) is 27.8. The van der Waals surface area contributed by atoms with Crippen molar-refractivity contribution >= 4 is 35.2 Å². The molecule has 322 valence electrons. The van der Waals surface area contributed by atoms with Crippen LogP contribution in [0.2, 0.25) is 0 Å². The molecule has 0 aromatic carbocycles. The third kappa shape index (κ3) is 17.2. The summed E-state index contributed by atoms with van der Waals surface area (Å²) >= 11 is 0. The first-order valence-electron chi connectivity index (χ1n) is 20.5. The Balaban J connectivity index is 1.95. The van der Waals surface area contributed by atoms with E-state index in [9.17, 15) is 0 Å². The van der Waals surface area contributed by atoms with Gasteiger partial charge in [-0.3, -0.25) is 9.80 Å². The minimum absolute atomic E-state index is 0.224. The van der Waals surface area contributed by atoms with Crippen LogP contribution in [-0.2, 0) is 62.6 Å². The van der Waals surface area contributed by atoms with Crippen molar-refractivity contribution in [2.75, 3.05) is 130 Å². The number of ether oxygens (including phenoxy) is 2. The van der Waals surface area contributed by atoms with E-state index in [2.05, 4.69) is 9.80 Å². The van der Waals surface area contributed by atoms with Crippen molar-refractivity contribution in [1.82, 2.24) is 9.80 Å². The normalized spacial score (nSPS) is 21.2. The maximum atomic E-state index is 6.56. The van der Waals surface area contributed by atoms with E-state index >= 15 is 0 Å². The number of nitrogens with zero attached hydrogens (tertiary/aromatic N) is 2. The van der Waals surface area contributed by atoms with Crippen molar-refractivity contribution in [1.29, 1.82) is 0 Å². The van der Waals surface area contributed by atoms with Crippen molar-refractivity contribution in [2.24, 2.45) is 0 Å². The molecule has 0 aromatic heterocycles. The van der Waals surface area contributed by atoms with Crippen LogP contribution in [0, 0.1) is 0 Å². The minimum atomic E-state index is -3.00. The summed E-state index contributed by atoms with van der Waals surface area (Å²) in [7, 11) is -11.9. The maximum absolute atomic E-state index is 6.56. The zero-order valence-electron chi connectivity index (χ0n) is 35.3. The largest absolute Gasteiger partial charge is 0.516 e. The van der Waals surface area contributed by atoms with Gasteiger partial charge in [-0.05, 0) is 82.1 Å². The van der Waals surface area contributed by atoms with Crippen LogP contribution < -0.4 is 0 Å². The van der Waals surface area contributed by atoms with Gasteiger partial charge < -0.3 is 62.6 Å². The van der Waals surface area contributed by atoms with Gasteiger partial charge in [0.15, 0.2) is 0 Å². The van der Waals surface area contributed by atoms with Gasteiger partial charge >= 0.3 is 35.2 Å². The van der Waals surface area contributed by atoms with Gasteiger partial charge in [0.2, 0.25) is 0 Å². The van der Waals surface area contributed by atoms with Crippen LogP contribution in [0.4, 0.5) is 0 Å². The monoisotopic (exact) mass is 848 g/mol. The predicted octanol–water partition coefficient (Wildman–Crippen LogP) is 3.48. The SMILES string of the molecule is CCO[Si](CN1CC(COCCCCOCC2CN(C[Si](OCC)(OCC)OCC)C[Si](OCC)(OCC)O2)O[Si](OCC)(OCC)C1)(OCC)OCC. The summed E-state index contributed by atoms with van der Waals surface area (Å²) < 4.78 is 87.4. The molecule has 2 rings (SSSR count). The van der Waals surface area contributed by atoms with E-state index in [0.29, 0.717) is 130 Å². The van der Waals surface area contributed by atoms with Crippen molar-refractivity contribution < 1.29 is 62.6 Å². The molecule has 2 atom stereocenters. The lowest BCUT2D eigenvalue weighted by atomic mass is 10.3. The molecular formula is C34H76N2O14Si4. The lowest BCUT2D eigenvalue weighted by molar-refractivity contribution is -0.0585. The van der Waals surface area contributed by atoms with Gasteiger partial charge in [0, 0.05) is 92.4 Å². The molecule has 0 aliphatic carbocycles. The molecule has 54 heavy (non-hydrogen) atoms. The first-order chi connectivity index (χ1) is 26.1. The Kier molecular flexibility index (Phi) is 26.0. The van der Waals surface area contributed by atoms with Gasteiger partial charge in [0.05, 0.1) is 50.1 Å². The van der Waals surface area contributed by atoms with E-state index < -0.39 is 35.2 Å². The summed E-state index contributed by atoms with van der Waals surface area (Å²) in [6.07, 6.45) is 3.37. The first kappa shape index (κ1) is 50.4. The zero-order chi connectivity index (χ0) is 39.8. The lowest BCUT2D eigenvalue weighted by Crippen LogP contribution is -2.67. The topological polar surface area (TPSA) is 136 Å². The highest BCUT2D eigenvalue weighted by Crippen LogP contribution is 2.26. The third-order valence-corrected chi connectivity index (χ3v) is 20.4. The Bertz CT molecular complexity index is 837. The van der Waals surface area contributed by atoms with Crippen LogP contribution in [0.15, 0.2) is 0 Å². The predicted molar refractivity (Wildman–Crippen MR) is 213 cm³/mol. The van der Waals surface area contributed by atoms with E-state index in [1.807, 2.05) is 69.2 Å². The molecule has 0 amide bonds. The molecule has 0 aromatic rings. The molecule has 16 nitrogen and oxygen atoms in total. The molecule has 2 heterocycles. The average molecular weight is 849 g/mol. The van der Waals surface area contributed by atoms with Gasteiger partial charge in [0.25, 0.3) is 0 Å². The summed E-state index contributed by atoms with van der Waals surface area (Å²) in [5, 5.41) is 0. The molecular weight excluding hydrogens is 773 g/mol. The van der Waals surface area contributed by atoms with Crippen LogP contribution in [0.1, 0.15) is 82.1 Å². The molecule has 20 heteroatoms. The first-order valence-corrected chi connectivity index (χ1v) is 28.2.